The summed E-state index contributed by atoms with van der Waals surface area (Å²) in [4.78, 5) is 14.9. The van der Waals surface area contributed by atoms with Crippen molar-refractivity contribution in [2.75, 3.05) is 25.0 Å². The molecular weight excluding hydrogens is 248 g/mol. The minimum absolute atomic E-state index is 0.00299. The van der Waals surface area contributed by atoms with Gasteiger partial charge in [0.05, 0.1) is 11.6 Å². The number of anilines is 1. The van der Waals surface area contributed by atoms with E-state index in [-0.39, 0.29) is 12.6 Å². The van der Waals surface area contributed by atoms with Gasteiger partial charge in [-0.15, -0.1) is 11.3 Å². The molecule has 2 N–H and O–H groups in total. The third-order valence-electron chi connectivity index (χ3n) is 2.66. The number of urea groups is 1. The van der Waals surface area contributed by atoms with Gasteiger partial charge >= 0.3 is 6.03 Å². The van der Waals surface area contributed by atoms with Crippen LogP contribution in [0.25, 0.3) is 0 Å². The quantitative estimate of drug-likeness (QED) is 0.748. The normalized spacial score (nSPS) is 10.4. The van der Waals surface area contributed by atoms with E-state index in [4.69, 9.17) is 5.11 Å². The second-order valence-electron chi connectivity index (χ2n) is 4.26. The summed E-state index contributed by atoms with van der Waals surface area (Å²) >= 11 is 1.56. The van der Waals surface area contributed by atoms with E-state index >= 15 is 0 Å². The van der Waals surface area contributed by atoms with Gasteiger partial charge in [-0.05, 0) is 25.5 Å². The Hall–Kier alpha value is -1.07. The van der Waals surface area contributed by atoms with Crippen molar-refractivity contribution in [3.63, 3.8) is 0 Å². The minimum atomic E-state index is -0.123. The highest BCUT2D eigenvalue weighted by Crippen LogP contribution is 2.20. The fourth-order valence-corrected chi connectivity index (χ4v) is 2.43. The van der Waals surface area contributed by atoms with Crippen molar-refractivity contribution in [1.29, 1.82) is 0 Å². The molecule has 1 rings (SSSR count). The number of rotatable bonds is 7. The first kappa shape index (κ1) is 15.0. The number of nitrogens with zero attached hydrogens (tertiary/aromatic N) is 1. The Balaban J connectivity index is 2.47. The van der Waals surface area contributed by atoms with Crippen LogP contribution in [-0.4, -0.2) is 35.7 Å². The molecule has 0 aliphatic carbocycles. The first-order chi connectivity index (χ1) is 8.67. The van der Waals surface area contributed by atoms with Crippen molar-refractivity contribution in [2.45, 2.75) is 33.1 Å². The summed E-state index contributed by atoms with van der Waals surface area (Å²) in [5, 5.41) is 12.7. The molecule has 5 heteroatoms. The summed E-state index contributed by atoms with van der Waals surface area (Å²) in [5.41, 5.74) is 0. The fourth-order valence-electron chi connectivity index (χ4n) is 1.67. The number of unbranched alkanes of at least 4 members (excludes halogenated alkanes) is 2. The zero-order valence-electron chi connectivity index (χ0n) is 11.1. The molecule has 0 fully saturated rings. The molecule has 0 aliphatic rings. The van der Waals surface area contributed by atoms with E-state index in [0.717, 1.165) is 24.3 Å². The molecular formula is C13H22N2O2S. The highest BCUT2D eigenvalue weighted by molar-refractivity contribution is 7.16. The minimum Gasteiger partial charge on any atom is -0.395 e. The maximum Gasteiger partial charge on any atom is 0.322 e. The van der Waals surface area contributed by atoms with Crippen LogP contribution in [0.5, 0.6) is 0 Å². The number of aliphatic hydroxyl groups is 1. The van der Waals surface area contributed by atoms with Gasteiger partial charge in [0.1, 0.15) is 0 Å². The van der Waals surface area contributed by atoms with Gasteiger partial charge in [-0.2, -0.15) is 0 Å². The summed E-state index contributed by atoms with van der Waals surface area (Å²) < 4.78 is 0. The SMILES string of the molecule is CCCCCN(CCO)C(=O)Nc1ccc(C)s1. The van der Waals surface area contributed by atoms with E-state index < -0.39 is 0 Å². The Bertz CT molecular complexity index is 366. The Labute approximate surface area is 113 Å². The third-order valence-corrected chi connectivity index (χ3v) is 3.58. The standard InChI is InChI=1S/C13H22N2O2S/c1-3-4-5-8-15(9-10-16)13(17)14-12-7-6-11(2)18-12/h6-7,16H,3-5,8-10H2,1-2H3,(H,14,17). The number of amides is 2. The molecule has 1 aromatic rings. The maximum atomic E-state index is 12.0. The Morgan fingerprint density at radius 1 is 1.39 bits per heavy atom. The van der Waals surface area contributed by atoms with Crippen molar-refractivity contribution in [3.8, 4) is 0 Å². The summed E-state index contributed by atoms with van der Waals surface area (Å²) in [6, 6.07) is 3.76. The number of carbonyl (C=O) groups excluding carboxylic acids is 1. The first-order valence-electron chi connectivity index (χ1n) is 6.40. The summed E-state index contributed by atoms with van der Waals surface area (Å²) in [6.07, 6.45) is 3.21. The number of thiophene rings is 1. The van der Waals surface area contributed by atoms with Crippen LogP contribution in [0.1, 0.15) is 31.1 Å². The second-order valence-corrected chi connectivity index (χ2v) is 5.55. The zero-order valence-corrected chi connectivity index (χ0v) is 11.9. The average molecular weight is 270 g/mol. The lowest BCUT2D eigenvalue weighted by molar-refractivity contribution is 0.187. The predicted molar refractivity (Wildman–Crippen MR) is 76.3 cm³/mol. The topological polar surface area (TPSA) is 52.6 Å². The first-order valence-corrected chi connectivity index (χ1v) is 7.22. The van der Waals surface area contributed by atoms with Crippen LogP contribution in [0.2, 0.25) is 0 Å². The molecule has 102 valence electrons. The molecule has 0 saturated carbocycles. The monoisotopic (exact) mass is 270 g/mol. The molecule has 0 radical (unpaired) electrons. The van der Waals surface area contributed by atoms with E-state index in [1.807, 2.05) is 19.1 Å². The fraction of sp³-hybridized carbons (Fsp3) is 0.615. The molecule has 1 heterocycles. The smallest absolute Gasteiger partial charge is 0.322 e. The van der Waals surface area contributed by atoms with Crippen LogP contribution in [0.3, 0.4) is 0 Å². The van der Waals surface area contributed by atoms with Crippen LogP contribution in [0.15, 0.2) is 12.1 Å². The van der Waals surface area contributed by atoms with Crippen molar-refractivity contribution in [2.24, 2.45) is 0 Å². The van der Waals surface area contributed by atoms with Crippen molar-refractivity contribution >= 4 is 22.4 Å². The largest absolute Gasteiger partial charge is 0.395 e. The van der Waals surface area contributed by atoms with Gasteiger partial charge in [-0.25, -0.2) is 4.79 Å². The van der Waals surface area contributed by atoms with Crippen molar-refractivity contribution in [3.05, 3.63) is 17.0 Å². The lowest BCUT2D eigenvalue weighted by Crippen LogP contribution is -2.37. The van der Waals surface area contributed by atoms with Crippen LogP contribution >= 0.6 is 11.3 Å². The third kappa shape index (κ3) is 5.06. The van der Waals surface area contributed by atoms with Gasteiger partial charge in [0.25, 0.3) is 0 Å². The van der Waals surface area contributed by atoms with Crippen LogP contribution in [0, 0.1) is 6.92 Å². The molecule has 0 atom stereocenters. The molecule has 0 spiro atoms. The van der Waals surface area contributed by atoms with Gasteiger partial charge in [0, 0.05) is 18.0 Å². The van der Waals surface area contributed by atoms with Crippen LogP contribution < -0.4 is 5.32 Å². The molecule has 0 bridgehead atoms. The zero-order chi connectivity index (χ0) is 13.4. The lowest BCUT2D eigenvalue weighted by atomic mass is 10.2. The molecule has 4 nitrogen and oxygen atoms in total. The Morgan fingerprint density at radius 2 is 2.17 bits per heavy atom. The average Bonchev–Trinajstić information content (AvgIpc) is 2.74. The van der Waals surface area contributed by atoms with Crippen LogP contribution in [-0.2, 0) is 0 Å². The van der Waals surface area contributed by atoms with Gasteiger partial charge in [0.2, 0.25) is 0 Å². The second kappa shape index (κ2) is 8.11. The number of aliphatic hydroxyl groups excluding tert-OH is 1. The predicted octanol–water partition coefficient (Wildman–Crippen LogP) is 3.07. The number of aryl methyl sites for hydroxylation is 1. The summed E-state index contributed by atoms with van der Waals surface area (Å²) in [7, 11) is 0. The van der Waals surface area contributed by atoms with Crippen molar-refractivity contribution in [1.82, 2.24) is 4.90 Å². The summed E-state index contributed by atoms with van der Waals surface area (Å²) in [6.45, 7) is 5.23. The molecule has 18 heavy (non-hydrogen) atoms. The van der Waals surface area contributed by atoms with E-state index in [9.17, 15) is 4.79 Å². The highest BCUT2D eigenvalue weighted by atomic mass is 32.1. The van der Waals surface area contributed by atoms with Gasteiger partial charge in [-0.3, -0.25) is 5.32 Å². The Kier molecular flexibility index (Phi) is 6.75. The molecule has 0 aromatic carbocycles. The van der Waals surface area contributed by atoms with Gasteiger partial charge in [-0.1, -0.05) is 19.8 Å². The molecule has 2 amide bonds. The summed E-state index contributed by atoms with van der Waals surface area (Å²) in [5.74, 6) is 0. The maximum absolute atomic E-state index is 12.0. The number of carbonyl (C=O) groups is 1. The molecule has 0 saturated heterocycles. The molecule has 0 aliphatic heterocycles. The number of hydrogen-bond donors (Lipinski definition) is 2. The molecule has 1 aromatic heterocycles. The molecule has 0 unspecified atom stereocenters. The lowest BCUT2D eigenvalue weighted by Gasteiger charge is -2.21. The van der Waals surface area contributed by atoms with E-state index in [0.29, 0.717) is 13.1 Å². The van der Waals surface area contributed by atoms with Gasteiger partial charge < -0.3 is 10.0 Å². The Morgan fingerprint density at radius 3 is 2.72 bits per heavy atom. The van der Waals surface area contributed by atoms with Gasteiger partial charge in [0.15, 0.2) is 0 Å². The van der Waals surface area contributed by atoms with Crippen molar-refractivity contribution < 1.29 is 9.90 Å². The van der Waals surface area contributed by atoms with E-state index in [1.54, 1.807) is 16.2 Å². The highest BCUT2D eigenvalue weighted by Gasteiger charge is 2.13. The van der Waals surface area contributed by atoms with Crippen LogP contribution in [0.4, 0.5) is 9.80 Å². The van der Waals surface area contributed by atoms with E-state index in [2.05, 4.69) is 12.2 Å². The van der Waals surface area contributed by atoms with E-state index in [1.165, 1.54) is 4.88 Å². The number of hydrogen-bond acceptors (Lipinski definition) is 3. The number of nitrogens with one attached hydrogen (secondary N) is 1.